The maximum absolute atomic E-state index is 11.6. The molecule has 0 aliphatic heterocycles. The number of aliphatic imine (C=N–C) groups is 1. The number of halogens is 1. The first-order valence-electron chi connectivity index (χ1n) is 9.60. The third-order valence-corrected chi connectivity index (χ3v) is 3.94. The van der Waals surface area contributed by atoms with Gasteiger partial charge in [0.1, 0.15) is 0 Å². The third kappa shape index (κ3) is 8.73. The molecule has 2 rings (SSSR count). The number of nitrogens with one attached hydrogen (secondary N) is 3. The van der Waals surface area contributed by atoms with Crippen LogP contribution in [0.3, 0.4) is 0 Å². The van der Waals surface area contributed by atoms with E-state index in [0.717, 1.165) is 44.1 Å². The number of carbonyl (C=O) groups excluding carboxylic acids is 1. The van der Waals surface area contributed by atoms with Crippen LogP contribution in [0.1, 0.15) is 32.3 Å². The summed E-state index contributed by atoms with van der Waals surface area (Å²) in [7, 11) is 0. The summed E-state index contributed by atoms with van der Waals surface area (Å²) in [5.74, 6) is 0.794. The van der Waals surface area contributed by atoms with Gasteiger partial charge in [0.15, 0.2) is 5.96 Å². The Morgan fingerprint density at radius 3 is 2.54 bits per heavy atom. The second kappa shape index (κ2) is 14.0. The Labute approximate surface area is 184 Å². The summed E-state index contributed by atoms with van der Waals surface area (Å²) in [5.41, 5.74) is 2.29. The quantitative estimate of drug-likeness (QED) is 0.267. The fourth-order valence-corrected chi connectivity index (χ4v) is 2.53. The van der Waals surface area contributed by atoms with Gasteiger partial charge in [-0.25, -0.2) is 4.68 Å². The Balaban J connectivity index is 0.00000392. The lowest BCUT2D eigenvalue weighted by molar-refractivity contribution is -0.120. The van der Waals surface area contributed by atoms with E-state index in [0.29, 0.717) is 13.0 Å². The van der Waals surface area contributed by atoms with Crippen molar-refractivity contribution in [2.45, 2.75) is 33.1 Å². The topological polar surface area (TPSA) is 83.3 Å². The van der Waals surface area contributed by atoms with Gasteiger partial charge in [0.25, 0.3) is 0 Å². The largest absolute Gasteiger partial charge is 0.357 e. The van der Waals surface area contributed by atoms with Gasteiger partial charge in [-0.15, -0.1) is 24.0 Å². The number of aromatic nitrogens is 2. The van der Waals surface area contributed by atoms with Crippen molar-refractivity contribution in [1.29, 1.82) is 0 Å². The van der Waals surface area contributed by atoms with Crippen molar-refractivity contribution in [3.8, 4) is 5.69 Å². The molecule has 0 saturated carbocycles. The molecule has 0 aliphatic carbocycles. The molecule has 1 aromatic carbocycles. The predicted octanol–water partition coefficient (Wildman–Crippen LogP) is 2.50. The van der Waals surface area contributed by atoms with Crippen LogP contribution in [0.4, 0.5) is 0 Å². The fourth-order valence-electron chi connectivity index (χ4n) is 2.53. The Morgan fingerprint density at radius 1 is 1.11 bits per heavy atom. The molecule has 1 amide bonds. The molecule has 8 heteroatoms. The van der Waals surface area contributed by atoms with Gasteiger partial charge in [0.05, 0.1) is 12.2 Å². The first-order valence-corrected chi connectivity index (χ1v) is 9.60. The maximum atomic E-state index is 11.6. The van der Waals surface area contributed by atoms with E-state index < -0.39 is 0 Å². The van der Waals surface area contributed by atoms with Crippen LogP contribution in [0.5, 0.6) is 0 Å². The zero-order valence-corrected chi connectivity index (χ0v) is 19.0. The molecule has 1 heterocycles. The highest BCUT2D eigenvalue weighted by molar-refractivity contribution is 14.0. The molecule has 0 unspecified atom stereocenters. The zero-order chi connectivity index (χ0) is 19.3. The number of guanidine groups is 1. The maximum Gasteiger partial charge on any atom is 0.221 e. The van der Waals surface area contributed by atoms with Crippen molar-refractivity contribution in [1.82, 2.24) is 25.7 Å². The lowest BCUT2D eigenvalue weighted by Gasteiger charge is -2.11. The Kier molecular flexibility index (Phi) is 11.9. The minimum Gasteiger partial charge on any atom is -0.357 e. The van der Waals surface area contributed by atoms with E-state index in [1.54, 1.807) is 6.20 Å². The van der Waals surface area contributed by atoms with Crippen molar-refractivity contribution in [2.75, 3.05) is 26.2 Å². The van der Waals surface area contributed by atoms with Crippen molar-refractivity contribution in [2.24, 2.45) is 4.99 Å². The highest BCUT2D eigenvalue weighted by Gasteiger charge is 2.02. The second-order valence-corrected chi connectivity index (χ2v) is 6.15. The average molecular weight is 498 g/mol. The second-order valence-electron chi connectivity index (χ2n) is 6.15. The van der Waals surface area contributed by atoms with Crippen molar-refractivity contribution in [3.05, 3.63) is 48.3 Å². The van der Waals surface area contributed by atoms with Crippen LogP contribution in [-0.2, 0) is 11.2 Å². The van der Waals surface area contributed by atoms with Gasteiger partial charge in [-0.2, -0.15) is 5.10 Å². The first-order chi connectivity index (χ1) is 13.2. The monoisotopic (exact) mass is 498 g/mol. The summed E-state index contributed by atoms with van der Waals surface area (Å²) < 4.78 is 1.84. The molecule has 0 aliphatic rings. The number of carbonyl (C=O) groups is 1. The highest BCUT2D eigenvalue weighted by atomic mass is 127. The smallest absolute Gasteiger partial charge is 0.221 e. The van der Waals surface area contributed by atoms with Gasteiger partial charge in [-0.1, -0.05) is 19.1 Å². The SMILES string of the molecule is CCCNC(=O)CCN=C(NCC)NCCc1ccc(-n2cccn2)cc1.I. The average Bonchev–Trinajstić information content (AvgIpc) is 3.21. The predicted molar refractivity (Wildman–Crippen MR) is 125 cm³/mol. The normalized spacial score (nSPS) is 10.9. The summed E-state index contributed by atoms with van der Waals surface area (Å²) in [4.78, 5) is 16.1. The Morgan fingerprint density at radius 2 is 1.89 bits per heavy atom. The molecular formula is C20H31IN6O. The van der Waals surface area contributed by atoms with Crippen LogP contribution in [0.25, 0.3) is 5.69 Å². The number of benzene rings is 1. The molecule has 7 nitrogen and oxygen atoms in total. The molecule has 0 fully saturated rings. The summed E-state index contributed by atoms with van der Waals surface area (Å²) in [5, 5.41) is 13.6. The van der Waals surface area contributed by atoms with Crippen molar-refractivity contribution >= 4 is 35.8 Å². The molecule has 0 radical (unpaired) electrons. The highest BCUT2D eigenvalue weighted by Crippen LogP contribution is 2.08. The molecule has 1 aromatic heterocycles. The number of hydrogen-bond acceptors (Lipinski definition) is 3. The first kappa shape index (κ1) is 23.9. The van der Waals surface area contributed by atoms with Crippen LogP contribution < -0.4 is 16.0 Å². The molecule has 0 bridgehead atoms. The molecule has 154 valence electrons. The van der Waals surface area contributed by atoms with Crippen molar-refractivity contribution < 1.29 is 4.79 Å². The van der Waals surface area contributed by atoms with E-state index in [9.17, 15) is 4.79 Å². The van der Waals surface area contributed by atoms with Crippen molar-refractivity contribution in [3.63, 3.8) is 0 Å². The minimum atomic E-state index is 0. The van der Waals surface area contributed by atoms with Crippen LogP contribution in [0, 0.1) is 0 Å². The fraction of sp³-hybridized carbons (Fsp3) is 0.450. The van der Waals surface area contributed by atoms with Gasteiger partial charge >= 0.3 is 0 Å². The molecule has 2 aromatic rings. The lowest BCUT2D eigenvalue weighted by Crippen LogP contribution is -2.38. The summed E-state index contributed by atoms with van der Waals surface area (Å²) >= 11 is 0. The third-order valence-electron chi connectivity index (χ3n) is 3.94. The molecule has 3 N–H and O–H groups in total. The van der Waals surface area contributed by atoms with Crippen LogP contribution in [0.2, 0.25) is 0 Å². The van der Waals surface area contributed by atoms with Crippen LogP contribution in [-0.4, -0.2) is 47.8 Å². The lowest BCUT2D eigenvalue weighted by atomic mass is 10.1. The van der Waals surface area contributed by atoms with Gasteiger partial charge in [0, 0.05) is 38.4 Å². The Hall–Kier alpha value is -2.10. The van der Waals surface area contributed by atoms with Gasteiger partial charge in [-0.3, -0.25) is 9.79 Å². The van der Waals surface area contributed by atoms with E-state index >= 15 is 0 Å². The van der Waals surface area contributed by atoms with Gasteiger partial charge in [0.2, 0.25) is 5.91 Å². The van der Waals surface area contributed by atoms with E-state index in [1.807, 2.05) is 30.8 Å². The minimum absolute atomic E-state index is 0. The molecule has 0 saturated heterocycles. The Bertz CT molecular complexity index is 700. The van der Waals surface area contributed by atoms with E-state index in [2.05, 4.69) is 50.3 Å². The van der Waals surface area contributed by atoms with Gasteiger partial charge < -0.3 is 16.0 Å². The summed E-state index contributed by atoms with van der Waals surface area (Å²) in [6.07, 6.45) is 5.94. The number of hydrogen-bond donors (Lipinski definition) is 3. The van der Waals surface area contributed by atoms with Crippen LogP contribution in [0.15, 0.2) is 47.7 Å². The molecule has 28 heavy (non-hydrogen) atoms. The van der Waals surface area contributed by atoms with E-state index in [4.69, 9.17) is 0 Å². The zero-order valence-electron chi connectivity index (χ0n) is 16.6. The number of rotatable bonds is 10. The van der Waals surface area contributed by atoms with E-state index in [1.165, 1.54) is 5.56 Å². The molecule has 0 atom stereocenters. The van der Waals surface area contributed by atoms with Crippen LogP contribution >= 0.6 is 24.0 Å². The standard InChI is InChI=1S/C20H30N6O.HI/c1-3-12-22-19(27)11-15-24-20(21-4-2)23-14-10-17-6-8-18(9-7-17)26-16-5-13-25-26;/h5-9,13,16H,3-4,10-12,14-15H2,1-2H3,(H,22,27)(H2,21,23,24);1H. The summed E-state index contributed by atoms with van der Waals surface area (Å²) in [6.45, 7) is 6.82. The van der Waals surface area contributed by atoms with E-state index in [-0.39, 0.29) is 29.9 Å². The van der Waals surface area contributed by atoms with Gasteiger partial charge in [-0.05, 0) is 43.5 Å². The molecular weight excluding hydrogens is 467 g/mol. The number of nitrogens with zero attached hydrogens (tertiary/aromatic N) is 3. The number of amides is 1. The summed E-state index contributed by atoms with van der Waals surface area (Å²) in [6, 6.07) is 10.3. The molecule has 0 spiro atoms.